The Balaban J connectivity index is 2.89. The van der Waals surface area contributed by atoms with Gasteiger partial charge in [0.2, 0.25) is 0 Å². The van der Waals surface area contributed by atoms with E-state index in [-0.39, 0.29) is 0 Å². The molecule has 0 amide bonds. The minimum absolute atomic E-state index is 0.724. The molecule has 2 rings (SSSR count). The summed E-state index contributed by atoms with van der Waals surface area (Å²) in [5.41, 5.74) is 5.89. The van der Waals surface area contributed by atoms with E-state index in [0.717, 1.165) is 48.6 Å². The summed E-state index contributed by atoms with van der Waals surface area (Å²) >= 11 is 5.75. The fourth-order valence-electron chi connectivity index (χ4n) is 1.11. The van der Waals surface area contributed by atoms with Gasteiger partial charge in [-0.05, 0) is 0 Å². The molecule has 6 heteroatoms. The average Bonchev–Trinajstić information content (AvgIpc) is 2.06. The van der Waals surface area contributed by atoms with Gasteiger partial charge in [-0.25, -0.2) is 0 Å². The van der Waals surface area contributed by atoms with E-state index in [9.17, 15) is 0 Å². The third-order valence-corrected chi connectivity index (χ3v) is 5.53. The molecule has 1 aromatic heterocycles. The number of rotatable bonds is 0. The van der Waals surface area contributed by atoms with Crippen LogP contribution in [0.4, 0.5) is 0 Å². The van der Waals surface area contributed by atoms with Crippen molar-refractivity contribution in [2.45, 2.75) is 0 Å². The van der Waals surface area contributed by atoms with Gasteiger partial charge in [-0.3, -0.25) is 0 Å². The van der Waals surface area contributed by atoms with Crippen molar-refractivity contribution in [2.24, 2.45) is 10.7 Å². The number of nitrogens with two attached hydrogens (primary N) is 1. The zero-order chi connectivity index (χ0) is 9.42. The molecule has 0 aromatic carbocycles. The Morgan fingerprint density at radius 2 is 2.23 bits per heavy atom. The summed E-state index contributed by atoms with van der Waals surface area (Å²) in [5.74, 6) is 0. The molecule has 2 heterocycles. The molecule has 0 aliphatic carbocycles. The van der Waals surface area contributed by atoms with Crippen LogP contribution in [0.1, 0.15) is 0 Å². The van der Waals surface area contributed by atoms with E-state index in [1.54, 1.807) is 0 Å². The molecule has 1 aliphatic heterocycles. The van der Waals surface area contributed by atoms with Crippen molar-refractivity contribution in [3.8, 4) is 0 Å². The van der Waals surface area contributed by atoms with Crippen molar-refractivity contribution < 1.29 is 59.6 Å². The van der Waals surface area contributed by atoms with Crippen molar-refractivity contribution in [1.82, 2.24) is 4.98 Å². The first-order valence-corrected chi connectivity index (χ1v) is 8.28. The fraction of sp³-hybridized carbons (Fsp3) is 0. The van der Waals surface area contributed by atoms with Crippen LogP contribution in [0.5, 0.6) is 0 Å². The maximum atomic E-state index is 5.89. The first-order valence-electron chi connectivity index (χ1n) is 3.65. The Labute approximate surface area is 115 Å². The van der Waals surface area contributed by atoms with E-state index in [4.69, 9.17) is 17.3 Å². The second kappa shape index (κ2) is 4.24. The number of halogens is 1. The van der Waals surface area contributed by atoms with Crippen LogP contribution in [0.3, 0.4) is 0 Å². The number of fused-ring (bicyclic) bond motifs is 1. The molecular weight excluding hydrogens is 339 g/mol. The number of nitrogens with zero attached hydrogens (tertiary/aromatic N) is 2. The molecule has 60 valence electrons. The van der Waals surface area contributed by atoms with Crippen molar-refractivity contribution >= 4 is 18.5 Å². The number of aromatic nitrogens is 1. The molecule has 0 radical (unpaired) electrons. The van der Waals surface area contributed by atoms with Gasteiger partial charge in [0.15, 0.2) is 0 Å². The van der Waals surface area contributed by atoms with Gasteiger partial charge in [-0.2, -0.15) is 0 Å². The first-order chi connectivity index (χ1) is 6.16. The van der Waals surface area contributed by atoms with Crippen LogP contribution in [0.25, 0.3) is 2.51 Å². The van der Waals surface area contributed by atoms with Crippen molar-refractivity contribution in [2.75, 3.05) is 0 Å². The standard InChI is InChI=1S/C7H4ClN3.2Y/c8-5-11-6-2-1-3-10-7(6)4-9;;/h1-2H,9H2;;. The molecule has 3 nitrogen and oxygen atoms in total. The van der Waals surface area contributed by atoms with Gasteiger partial charge in [0.05, 0.1) is 0 Å². The molecule has 2 N–H and O–H groups in total. The van der Waals surface area contributed by atoms with Crippen LogP contribution >= 0.6 is 11.6 Å². The van der Waals surface area contributed by atoms with Crippen LogP contribution in [0, 0.1) is 0 Å². The molecule has 0 fully saturated rings. The Hall–Kier alpha value is 0.988. The molecule has 0 bridgehead atoms. The van der Waals surface area contributed by atoms with E-state index >= 15 is 0 Å². The number of hydrogen-bond acceptors (Lipinski definition) is 3. The van der Waals surface area contributed by atoms with E-state index in [0.29, 0.717) is 0 Å². The molecule has 1 aliphatic rings. The summed E-state index contributed by atoms with van der Waals surface area (Å²) < 4.78 is 2.73. The maximum absolute atomic E-state index is 5.89. The Bertz CT molecular complexity index is 509. The summed E-state index contributed by atoms with van der Waals surface area (Å²) in [4.78, 5) is 8.66. The Morgan fingerprint density at radius 3 is 3.00 bits per heavy atom. The van der Waals surface area contributed by atoms with E-state index in [1.807, 2.05) is 12.1 Å². The van der Waals surface area contributed by atoms with Crippen molar-refractivity contribution in [1.29, 1.82) is 0 Å². The molecule has 13 heavy (non-hydrogen) atoms. The third kappa shape index (κ3) is 2.32. The van der Waals surface area contributed by atoms with Gasteiger partial charge in [-0.1, -0.05) is 0 Å². The molecule has 0 saturated heterocycles. The first kappa shape index (κ1) is 10.5. The summed E-state index contributed by atoms with van der Waals surface area (Å²) in [7, 11) is 0. The van der Waals surface area contributed by atoms with E-state index in [1.165, 1.54) is 0 Å². The Kier molecular flexibility index (Phi) is 3.42. The van der Waals surface area contributed by atoms with Crippen LogP contribution in [-0.2, 0) is 59.6 Å². The van der Waals surface area contributed by atoms with E-state index < -0.39 is 28.7 Å². The monoisotopic (exact) mass is 343 g/mol. The fourth-order valence-corrected chi connectivity index (χ4v) is 4.44. The van der Waals surface area contributed by atoms with Gasteiger partial charge in [0.25, 0.3) is 0 Å². The predicted molar refractivity (Wildman–Crippen MR) is 43.1 cm³/mol. The van der Waals surface area contributed by atoms with Gasteiger partial charge in [-0.15, -0.1) is 0 Å². The van der Waals surface area contributed by atoms with Crippen molar-refractivity contribution in [3.05, 3.63) is 22.8 Å². The minimum atomic E-state index is -1.16. The van der Waals surface area contributed by atoms with Gasteiger partial charge >= 0.3 is 117 Å². The predicted octanol–water partition coefficient (Wildman–Crippen LogP) is -1.68. The summed E-state index contributed by atoms with van der Waals surface area (Å²) in [5, 5.41) is 1.72. The summed E-state index contributed by atoms with van der Waals surface area (Å²) in [6.07, 6.45) is 0. The zero-order valence-corrected chi connectivity index (χ0v) is 13.1. The molecule has 0 atom stereocenters. The SMILES string of the molecule is N[C]1=c2n[c]([Y])ccc2=N[C](Cl)=[Y]1. The third-order valence-electron chi connectivity index (χ3n) is 1.67. The number of hydrogen-bond donors (Lipinski definition) is 1. The molecule has 0 saturated carbocycles. The van der Waals surface area contributed by atoms with Crippen molar-refractivity contribution in [3.63, 3.8) is 0 Å². The van der Waals surface area contributed by atoms with Crippen LogP contribution in [0.2, 0.25) is 0 Å². The quantitative estimate of drug-likeness (QED) is 0.572. The normalized spacial score (nSPS) is 13.8. The molecule has 0 unspecified atom stereocenters. The van der Waals surface area contributed by atoms with Gasteiger partial charge < -0.3 is 0 Å². The topological polar surface area (TPSA) is 51.3 Å². The van der Waals surface area contributed by atoms with Crippen LogP contribution < -0.4 is 18.9 Å². The zero-order valence-electron chi connectivity index (χ0n) is 6.66. The average molecular weight is 343 g/mol. The molecule has 0 spiro atoms. The van der Waals surface area contributed by atoms with E-state index in [2.05, 4.69) is 9.98 Å². The Morgan fingerprint density at radius 1 is 1.46 bits per heavy atom. The van der Waals surface area contributed by atoms with Gasteiger partial charge in [0.1, 0.15) is 0 Å². The second-order valence-corrected chi connectivity index (χ2v) is 8.96. The van der Waals surface area contributed by atoms with Crippen LogP contribution in [0.15, 0.2) is 17.1 Å². The second-order valence-electron chi connectivity index (χ2n) is 2.64. The summed E-state index contributed by atoms with van der Waals surface area (Å²) in [6, 6.07) is 3.92. The summed E-state index contributed by atoms with van der Waals surface area (Å²) in [6.45, 7) is 0. The molecule has 1 aromatic rings. The number of pyridine rings is 1. The van der Waals surface area contributed by atoms with Gasteiger partial charge in [0, 0.05) is 0 Å². The van der Waals surface area contributed by atoms with Crippen LogP contribution in [-0.4, -0.2) is 6.87 Å². The molecular formula is C7H4ClN3Y2.